The van der Waals surface area contributed by atoms with E-state index in [9.17, 15) is 13.8 Å². The summed E-state index contributed by atoms with van der Waals surface area (Å²) in [5.41, 5.74) is 0.487. The van der Waals surface area contributed by atoms with Gasteiger partial charge in [0.05, 0.1) is 6.10 Å². The summed E-state index contributed by atoms with van der Waals surface area (Å²) in [6, 6.07) is 6.57. The Morgan fingerprint density at radius 1 is 1.20 bits per heavy atom. The van der Waals surface area contributed by atoms with Crippen LogP contribution in [0.2, 0.25) is 0 Å². The van der Waals surface area contributed by atoms with Crippen molar-refractivity contribution in [2.24, 2.45) is 11.3 Å². The molecule has 0 aromatic heterocycles. The molecular weight excluding hydrogens is 340 g/mol. The van der Waals surface area contributed by atoms with Crippen LogP contribution in [0.5, 0.6) is 0 Å². The van der Waals surface area contributed by atoms with Gasteiger partial charge < -0.3 is 15.4 Å². The largest absolute Gasteiger partial charge is 0.377 e. The quantitative estimate of drug-likeness (QED) is 0.798. The molecule has 2 N–H and O–H groups in total. The molecule has 138 valence electrons. The fraction of sp³-hybridized carbons (Fsp3) is 0.556. The molecule has 2 amide bonds. The maximum atomic E-state index is 12.0. The van der Waals surface area contributed by atoms with E-state index >= 15 is 0 Å². The molecule has 0 radical (unpaired) electrons. The van der Waals surface area contributed by atoms with Crippen molar-refractivity contribution in [3.63, 3.8) is 0 Å². The zero-order chi connectivity index (χ0) is 18.6. The molecule has 7 heteroatoms. The predicted octanol–water partition coefficient (Wildman–Crippen LogP) is 1.93. The fourth-order valence-electron chi connectivity index (χ4n) is 3.02. The van der Waals surface area contributed by atoms with Crippen molar-refractivity contribution in [1.29, 1.82) is 0 Å². The van der Waals surface area contributed by atoms with Gasteiger partial charge in [-0.1, -0.05) is 20.8 Å². The lowest BCUT2D eigenvalue weighted by Crippen LogP contribution is -2.42. The van der Waals surface area contributed by atoms with Gasteiger partial charge in [0, 0.05) is 46.7 Å². The lowest BCUT2D eigenvalue weighted by atomic mass is 9.81. The zero-order valence-corrected chi connectivity index (χ0v) is 15.9. The summed E-state index contributed by atoms with van der Waals surface area (Å²) in [6.07, 6.45) is 2.52. The lowest BCUT2D eigenvalue weighted by molar-refractivity contribution is -0.136. The number of benzene rings is 1. The van der Waals surface area contributed by atoms with Crippen molar-refractivity contribution in [2.45, 2.75) is 38.2 Å². The molecule has 6 nitrogen and oxygen atoms in total. The van der Waals surface area contributed by atoms with E-state index in [1.54, 1.807) is 30.5 Å². The van der Waals surface area contributed by atoms with Crippen LogP contribution in [-0.4, -0.2) is 41.5 Å². The monoisotopic (exact) mass is 366 g/mol. The van der Waals surface area contributed by atoms with Crippen molar-refractivity contribution >= 4 is 28.3 Å². The first-order chi connectivity index (χ1) is 11.7. The average Bonchev–Trinajstić information content (AvgIpc) is 3.01. The number of anilines is 1. The van der Waals surface area contributed by atoms with E-state index in [1.165, 1.54) is 0 Å². The van der Waals surface area contributed by atoms with Crippen LogP contribution in [0, 0.1) is 11.3 Å². The molecule has 3 atom stereocenters. The van der Waals surface area contributed by atoms with Gasteiger partial charge in [-0.05, 0) is 36.1 Å². The van der Waals surface area contributed by atoms with Crippen molar-refractivity contribution in [2.75, 3.05) is 24.7 Å². The van der Waals surface area contributed by atoms with Crippen molar-refractivity contribution < 1.29 is 18.5 Å². The minimum atomic E-state index is -1.08. The summed E-state index contributed by atoms with van der Waals surface area (Å²) < 4.78 is 17.1. The summed E-state index contributed by atoms with van der Waals surface area (Å²) in [6.45, 7) is 7.42. The molecular formula is C18H26N2O4S. The van der Waals surface area contributed by atoms with Crippen LogP contribution in [-0.2, 0) is 25.1 Å². The number of amides is 2. The van der Waals surface area contributed by atoms with Crippen LogP contribution < -0.4 is 10.6 Å². The average molecular weight is 366 g/mol. The number of hydrogen-bond donors (Lipinski definition) is 2. The van der Waals surface area contributed by atoms with Crippen molar-refractivity contribution in [3.8, 4) is 0 Å². The minimum Gasteiger partial charge on any atom is -0.377 e. The summed E-state index contributed by atoms with van der Waals surface area (Å²) in [5, 5.41) is 5.24. The maximum absolute atomic E-state index is 12.0. The van der Waals surface area contributed by atoms with E-state index in [4.69, 9.17) is 4.74 Å². The van der Waals surface area contributed by atoms with E-state index in [0.29, 0.717) is 23.7 Å². The lowest BCUT2D eigenvalue weighted by Gasteiger charge is -2.31. The number of nitrogens with one attached hydrogen (secondary N) is 2. The van der Waals surface area contributed by atoms with Gasteiger partial charge in [-0.25, -0.2) is 0 Å². The van der Waals surface area contributed by atoms with Gasteiger partial charge in [0.15, 0.2) is 0 Å². The van der Waals surface area contributed by atoms with E-state index in [-0.39, 0.29) is 17.4 Å². The first kappa shape index (κ1) is 19.6. The SMILES string of the molecule is C[S@](=O)c1ccc(NC(=O)C(=O)NC[C@@H]2CCO[C@H]2C(C)(C)C)cc1. The molecule has 0 aliphatic carbocycles. The van der Waals surface area contributed by atoms with E-state index in [0.717, 1.165) is 6.42 Å². The fourth-order valence-corrected chi connectivity index (χ4v) is 3.54. The van der Waals surface area contributed by atoms with Crippen molar-refractivity contribution in [3.05, 3.63) is 24.3 Å². The van der Waals surface area contributed by atoms with Gasteiger partial charge in [-0.3, -0.25) is 13.8 Å². The highest BCUT2D eigenvalue weighted by Crippen LogP contribution is 2.34. The van der Waals surface area contributed by atoms with Crippen LogP contribution in [0.3, 0.4) is 0 Å². The molecule has 1 aliphatic heterocycles. The number of hydrogen-bond acceptors (Lipinski definition) is 4. The number of rotatable bonds is 4. The molecule has 1 aliphatic rings. The molecule has 0 saturated carbocycles. The van der Waals surface area contributed by atoms with Crippen LogP contribution >= 0.6 is 0 Å². The normalized spacial score (nSPS) is 21.6. The van der Waals surface area contributed by atoms with Gasteiger partial charge in [-0.15, -0.1) is 0 Å². The van der Waals surface area contributed by atoms with Crippen LogP contribution in [0.25, 0.3) is 0 Å². The van der Waals surface area contributed by atoms with E-state index in [2.05, 4.69) is 31.4 Å². The Balaban J connectivity index is 1.86. The summed E-state index contributed by atoms with van der Waals surface area (Å²) in [5.74, 6) is -1.17. The predicted molar refractivity (Wildman–Crippen MR) is 97.7 cm³/mol. The summed E-state index contributed by atoms with van der Waals surface area (Å²) in [7, 11) is -1.08. The third-order valence-corrected chi connectivity index (χ3v) is 5.18. The highest BCUT2D eigenvalue weighted by atomic mass is 32.2. The highest BCUT2D eigenvalue weighted by Gasteiger charge is 2.37. The topological polar surface area (TPSA) is 84.5 Å². The third-order valence-electron chi connectivity index (χ3n) is 4.24. The molecule has 1 heterocycles. The van der Waals surface area contributed by atoms with Gasteiger partial charge in [-0.2, -0.15) is 0 Å². The van der Waals surface area contributed by atoms with Gasteiger partial charge in [0.1, 0.15) is 0 Å². The smallest absolute Gasteiger partial charge is 0.313 e. The standard InChI is InChI=1S/C18H26N2O4S/c1-18(2,3)15-12(9-10-24-15)11-19-16(21)17(22)20-13-5-7-14(8-6-13)25(4)23/h5-8,12,15H,9-11H2,1-4H3,(H,19,21)(H,20,22)/t12-,15+,25-/m0/s1. The molecule has 0 bridgehead atoms. The minimum absolute atomic E-state index is 0.00470. The van der Waals surface area contributed by atoms with Gasteiger partial charge >= 0.3 is 11.8 Å². The van der Waals surface area contributed by atoms with E-state index in [1.807, 2.05) is 0 Å². The zero-order valence-electron chi connectivity index (χ0n) is 15.1. The molecule has 0 spiro atoms. The summed E-state index contributed by atoms with van der Waals surface area (Å²) >= 11 is 0. The molecule has 1 fully saturated rings. The van der Waals surface area contributed by atoms with Crippen LogP contribution in [0.4, 0.5) is 5.69 Å². The second kappa shape index (κ2) is 8.10. The van der Waals surface area contributed by atoms with Crippen LogP contribution in [0.15, 0.2) is 29.2 Å². The maximum Gasteiger partial charge on any atom is 0.313 e. The number of carbonyl (C=O) groups is 2. The molecule has 1 aromatic carbocycles. The highest BCUT2D eigenvalue weighted by molar-refractivity contribution is 7.84. The first-order valence-corrected chi connectivity index (χ1v) is 9.88. The van der Waals surface area contributed by atoms with E-state index < -0.39 is 22.6 Å². The van der Waals surface area contributed by atoms with Gasteiger partial charge in [0.25, 0.3) is 0 Å². The number of ether oxygens (including phenoxy) is 1. The third kappa shape index (κ3) is 5.37. The number of carbonyl (C=O) groups excluding carboxylic acids is 2. The second-order valence-electron chi connectivity index (χ2n) is 7.35. The molecule has 2 rings (SSSR count). The Bertz CT molecular complexity index is 652. The Morgan fingerprint density at radius 3 is 2.40 bits per heavy atom. The molecule has 25 heavy (non-hydrogen) atoms. The Hall–Kier alpha value is -1.73. The Morgan fingerprint density at radius 2 is 1.84 bits per heavy atom. The second-order valence-corrected chi connectivity index (χ2v) is 8.73. The Labute approximate surface area is 151 Å². The van der Waals surface area contributed by atoms with Gasteiger partial charge in [0.2, 0.25) is 0 Å². The first-order valence-electron chi connectivity index (χ1n) is 8.33. The molecule has 1 saturated heterocycles. The summed E-state index contributed by atoms with van der Waals surface area (Å²) in [4.78, 5) is 24.7. The molecule has 1 aromatic rings. The van der Waals surface area contributed by atoms with Crippen molar-refractivity contribution in [1.82, 2.24) is 5.32 Å². The molecule has 0 unspecified atom stereocenters. The Kier molecular flexibility index (Phi) is 6.35. The van der Waals surface area contributed by atoms with Crippen LogP contribution in [0.1, 0.15) is 27.2 Å².